The van der Waals surface area contributed by atoms with Gasteiger partial charge in [-0.3, -0.25) is 4.90 Å². The third-order valence-corrected chi connectivity index (χ3v) is 2.54. The lowest BCUT2D eigenvalue weighted by Gasteiger charge is -2.26. The fourth-order valence-electron chi connectivity index (χ4n) is 2.05. The van der Waals surface area contributed by atoms with Crippen LogP contribution in [-0.4, -0.2) is 43.0 Å². The average molecular weight is 162 g/mol. The van der Waals surface area contributed by atoms with Crippen LogP contribution < -0.4 is 5.32 Å². The predicted molar refractivity (Wildman–Crippen MR) is 37.8 cm³/mol. The lowest BCUT2D eigenvalue weighted by atomic mass is 10.2. The zero-order chi connectivity index (χ0) is 7.84. The highest BCUT2D eigenvalue weighted by Gasteiger charge is 2.38. The summed E-state index contributed by atoms with van der Waals surface area (Å²) in [5.41, 5.74) is 0. The van der Waals surface area contributed by atoms with Crippen molar-refractivity contribution < 1.29 is 8.78 Å². The highest BCUT2D eigenvalue weighted by Crippen LogP contribution is 2.23. The van der Waals surface area contributed by atoms with E-state index in [1.165, 1.54) is 0 Å². The summed E-state index contributed by atoms with van der Waals surface area (Å²) in [5, 5.41) is 3.27. The van der Waals surface area contributed by atoms with Gasteiger partial charge in [-0.25, -0.2) is 8.78 Å². The lowest BCUT2D eigenvalue weighted by Crippen LogP contribution is -2.45. The molecule has 2 aliphatic heterocycles. The molecule has 2 rings (SSSR count). The SMILES string of the molecule is FC(F)CN1C[C@@H]2C[C@H]1CN2. The van der Waals surface area contributed by atoms with Crippen LogP contribution in [0.4, 0.5) is 8.78 Å². The number of alkyl halides is 2. The van der Waals surface area contributed by atoms with Crippen molar-refractivity contribution in [3.05, 3.63) is 0 Å². The molecule has 0 saturated carbocycles. The quantitative estimate of drug-likeness (QED) is 0.628. The van der Waals surface area contributed by atoms with Crippen LogP contribution in [0.3, 0.4) is 0 Å². The molecule has 2 atom stereocenters. The molecule has 2 saturated heterocycles. The number of piperazine rings is 1. The summed E-state index contributed by atoms with van der Waals surface area (Å²) >= 11 is 0. The van der Waals surface area contributed by atoms with Crippen LogP contribution in [0.5, 0.6) is 0 Å². The van der Waals surface area contributed by atoms with Crippen LogP contribution in [0.1, 0.15) is 6.42 Å². The summed E-state index contributed by atoms with van der Waals surface area (Å²) in [6.45, 7) is 1.68. The Morgan fingerprint density at radius 3 is 2.82 bits per heavy atom. The third kappa shape index (κ3) is 1.37. The van der Waals surface area contributed by atoms with Gasteiger partial charge in [0.25, 0.3) is 6.43 Å². The summed E-state index contributed by atoms with van der Waals surface area (Å²) in [5.74, 6) is 0. The average Bonchev–Trinajstić information content (AvgIpc) is 2.45. The fourth-order valence-corrected chi connectivity index (χ4v) is 2.05. The minimum absolute atomic E-state index is 0.0388. The number of likely N-dealkylation sites (tertiary alicyclic amines) is 1. The van der Waals surface area contributed by atoms with Crippen LogP contribution in [0.2, 0.25) is 0 Å². The molecule has 0 aromatic heterocycles. The van der Waals surface area contributed by atoms with Crippen molar-refractivity contribution in [3.63, 3.8) is 0 Å². The van der Waals surface area contributed by atoms with E-state index >= 15 is 0 Å². The third-order valence-electron chi connectivity index (χ3n) is 2.54. The topological polar surface area (TPSA) is 15.3 Å². The van der Waals surface area contributed by atoms with Crippen molar-refractivity contribution in [2.45, 2.75) is 24.9 Å². The second-order valence-electron chi connectivity index (χ2n) is 3.34. The molecule has 2 aliphatic rings. The van der Waals surface area contributed by atoms with Crippen LogP contribution >= 0.6 is 0 Å². The molecule has 1 N–H and O–H groups in total. The van der Waals surface area contributed by atoms with Gasteiger partial charge >= 0.3 is 0 Å². The van der Waals surface area contributed by atoms with Gasteiger partial charge in [0.05, 0.1) is 6.54 Å². The highest BCUT2D eigenvalue weighted by atomic mass is 19.3. The van der Waals surface area contributed by atoms with Crippen molar-refractivity contribution in [1.82, 2.24) is 10.2 Å². The van der Waals surface area contributed by atoms with Crippen molar-refractivity contribution in [3.8, 4) is 0 Å². The normalized spacial score (nSPS) is 37.4. The summed E-state index contributed by atoms with van der Waals surface area (Å²) < 4.78 is 23.9. The van der Waals surface area contributed by atoms with Gasteiger partial charge in [-0.15, -0.1) is 0 Å². The minimum atomic E-state index is -2.17. The molecule has 4 heteroatoms. The first-order valence-electron chi connectivity index (χ1n) is 4.01. The first kappa shape index (κ1) is 7.43. The molecule has 0 amide bonds. The molecule has 0 radical (unpaired) electrons. The zero-order valence-corrected chi connectivity index (χ0v) is 6.26. The molecule has 0 spiro atoms. The Labute approximate surface area is 64.6 Å². The van der Waals surface area contributed by atoms with Gasteiger partial charge in [0.1, 0.15) is 0 Å². The van der Waals surface area contributed by atoms with E-state index < -0.39 is 6.43 Å². The van der Waals surface area contributed by atoms with Gasteiger partial charge in [0.2, 0.25) is 0 Å². The number of nitrogens with one attached hydrogen (secondary N) is 1. The number of hydrogen-bond donors (Lipinski definition) is 1. The largest absolute Gasteiger partial charge is 0.311 e. The van der Waals surface area contributed by atoms with Crippen molar-refractivity contribution in [1.29, 1.82) is 0 Å². The van der Waals surface area contributed by atoms with E-state index in [4.69, 9.17) is 0 Å². The predicted octanol–water partition coefficient (Wildman–Crippen LogP) is 0.298. The van der Waals surface area contributed by atoms with Crippen LogP contribution in [-0.2, 0) is 0 Å². The molecule has 2 nitrogen and oxygen atoms in total. The minimum Gasteiger partial charge on any atom is -0.311 e. The maximum absolute atomic E-state index is 11.9. The maximum Gasteiger partial charge on any atom is 0.251 e. The summed E-state index contributed by atoms with van der Waals surface area (Å²) in [6.07, 6.45) is -1.11. The van der Waals surface area contributed by atoms with E-state index in [0.29, 0.717) is 12.1 Å². The Bertz CT molecular complexity index is 151. The van der Waals surface area contributed by atoms with Gasteiger partial charge in [0, 0.05) is 25.2 Å². The van der Waals surface area contributed by atoms with Gasteiger partial charge in [0.15, 0.2) is 0 Å². The van der Waals surface area contributed by atoms with E-state index in [0.717, 1.165) is 19.5 Å². The zero-order valence-electron chi connectivity index (χ0n) is 6.26. The van der Waals surface area contributed by atoms with E-state index in [1.807, 2.05) is 4.90 Å². The molecule has 0 aliphatic carbocycles. The maximum atomic E-state index is 11.9. The Morgan fingerprint density at radius 2 is 2.36 bits per heavy atom. The lowest BCUT2D eigenvalue weighted by molar-refractivity contribution is 0.0764. The van der Waals surface area contributed by atoms with Crippen LogP contribution in [0.15, 0.2) is 0 Å². The summed E-state index contributed by atoms with van der Waals surface area (Å²) in [6, 6.07) is 0.868. The van der Waals surface area contributed by atoms with Crippen LogP contribution in [0.25, 0.3) is 0 Å². The molecule has 64 valence electrons. The smallest absolute Gasteiger partial charge is 0.251 e. The highest BCUT2D eigenvalue weighted by molar-refractivity contribution is 4.97. The fraction of sp³-hybridized carbons (Fsp3) is 1.00. The van der Waals surface area contributed by atoms with E-state index in [-0.39, 0.29) is 6.54 Å². The van der Waals surface area contributed by atoms with Gasteiger partial charge < -0.3 is 5.32 Å². The van der Waals surface area contributed by atoms with Crippen molar-refractivity contribution in [2.75, 3.05) is 19.6 Å². The molecule has 2 bridgehead atoms. The van der Waals surface area contributed by atoms with Gasteiger partial charge in [-0.1, -0.05) is 0 Å². The first-order chi connectivity index (χ1) is 5.25. The van der Waals surface area contributed by atoms with Gasteiger partial charge in [-0.2, -0.15) is 0 Å². The summed E-state index contributed by atoms with van der Waals surface area (Å²) in [4.78, 5) is 1.89. The number of fused-ring (bicyclic) bond motifs is 2. The molecule has 0 aromatic rings. The molecule has 0 unspecified atom stereocenters. The molecule has 0 aromatic carbocycles. The molecular weight excluding hydrogens is 150 g/mol. The number of halogens is 2. The van der Waals surface area contributed by atoms with E-state index in [2.05, 4.69) is 5.32 Å². The summed E-state index contributed by atoms with van der Waals surface area (Å²) in [7, 11) is 0. The Balaban J connectivity index is 1.87. The Hall–Kier alpha value is -0.220. The number of hydrogen-bond acceptors (Lipinski definition) is 2. The van der Waals surface area contributed by atoms with E-state index in [9.17, 15) is 8.78 Å². The van der Waals surface area contributed by atoms with E-state index in [1.54, 1.807) is 0 Å². The van der Waals surface area contributed by atoms with Crippen molar-refractivity contribution >= 4 is 0 Å². The first-order valence-corrected chi connectivity index (χ1v) is 4.01. The molecule has 2 heterocycles. The molecule has 2 fully saturated rings. The molecule has 11 heavy (non-hydrogen) atoms. The second-order valence-corrected chi connectivity index (χ2v) is 3.34. The second kappa shape index (κ2) is 2.68. The van der Waals surface area contributed by atoms with Crippen LogP contribution in [0, 0.1) is 0 Å². The molecular formula is C7H12F2N2. The number of nitrogens with zero attached hydrogens (tertiary/aromatic N) is 1. The van der Waals surface area contributed by atoms with Crippen molar-refractivity contribution in [2.24, 2.45) is 0 Å². The van der Waals surface area contributed by atoms with Gasteiger partial charge in [-0.05, 0) is 6.42 Å². The number of rotatable bonds is 2. The standard InChI is InChI=1S/C7H12F2N2/c8-7(9)4-11-3-5-1-6(11)2-10-5/h5-7,10H,1-4H2/t5-,6-/m0/s1. The Morgan fingerprint density at radius 1 is 1.55 bits per heavy atom. The monoisotopic (exact) mass is 162 g/mol. The Kier molecular flexibility index (Phi) is 1.81.